The quantitative estimate of drug-likeness (QED) is 0.699. The summed E-state index contributed by atoms with van der Waals surface area (Å²) in [6.45, 7) is 5.64. The van der Waals surface area contributed by atoms with Crippen molar-refractivity contribution in [2.45, 2.75) is 33.3 Å². The lowest BCUT2D eigenvalue weighted by molar-refractivity contribution is -0.122. The van der Waals surface area contributed by atoms with Crippen molar-refractivity contribution >= 4 is 23.3 Å². The van der Waals surface area contributed by atoms with Crippen molar-refractivity contribution in [2.24, 2.45) is 0 Å². The number of carbonyl (C=O) groups excluding carboxylic acids is 3. The topological polar surface area (TPSA) is 84.5 Å². The Balaban J connectivity index is 2.04. The van der Waals surface area contributed by atoms with Gasteiger partial charge in [-0.1, -0.05) is 19.1 Å². The van der Waals surface area contributed by atoms with Gasteiger partial charge in [0.25, 0.3) is 11.8 Å². The van der Waals surface area contributed by atoms with Crippen LogP contribution in [0, 0.1) is 0 Å². The molecule has 142 valence electrons. The highest BCUT2D eigenvalue weighted by molar-refractivity contribution is 6.04. The number of hydrogen-bond acceptors (Lipinski definition) is 4. The summed E-state index contributed by atoms with van der Waals surface area (Å²) in [4.78, 5) is 36.0. The van der Waals surface area contributed by atoms with Crippen molar-refractivity contribution in [1.82, 2.24) is 5.32 Å². The number of para-hydroxylation sites is 1. The van der Waals surface area contributed by atoms with Crippen LogP contribution >= 0.6 is 0 Å². The van der Waals surface area contributed by atoms with Gasteiger partial charge in [-0.2, -0.15) is 0 Å². The number of anilines is 1. The lowest BCUT2D eigenvalue weighted by Crippen LogP contribution is -2.32. The Morgan fingerprint density at radius 1 is 1.04 bits per heavy atom. The molecule has 0 saturated carbocycles. The molecule has 1 unspecified atom stereocenters. The van der Waals surface area contributed by atoms with E-state index < -0.39 is 6.10 Å². The van der Waals surface area contributed by atoms with Gasteiger partial charge in [0.1, 0.15) is 5.75 Å². The van der Waals surface area contributed by atoms with Crippen LogP contribution in [0.25, 0.3) is 0 Å². The predicted octanol–water partition coefficient (Wildman–Crippen LogP) is 3.44. The van der Waals surface area contributed by atoms with Gasteiger partial charge in [0, 0.05) is 12.1 Å². The third-order valence-corrected chi connectivity index (χ3v) is 3.91. The normalized spacial score (nSPS) is 11.4. The highest BCUT2D eigenvalue weighted by Gasteiger charge is 2.18. The Bertz CT molecular complexity index is 815. The van der Waals surface area contributed by atoms with Gasteiger partial charge in [-0.15, -0.1) is 0 Å². The van der Waals surface area contributed by atoms with E-state index in [1.807, 2.05) is 6.92 Å². The minimum Gasteiger partial charge on any atom is -0.481 e. The molecule has 0 radical (unpaired) electrons. The molecule has 27 heavy (non-hydrogen) atoms. The molecule has 0 aromatic heterocycles. The molecule has 0 heterocycles. The fourth-order valence-corrected chi connectivity index (χ4v) is 2.38. The van der Waals surface area contributed by atoms with E-state index >= 15 is 0 Å². The second-order valence-corrected chi connectivity index (χ2v) is 6.13. The number of carbonyl (C=O) groups is 3. The van der Waals surface area contributed by atoms with Crippen molar-refractivity contribution in [3.05, 3.63) is 59.7 Å². The number of hydrogen-bond donors (Lipinski definition) is 2. The van der Waals surface area contributed by atoms with Crippen molar-refractivity contribution in [3.63, 3.8) is 0 Å². The zero-order chi connectivity index (χ0) is 19.8. The molecule has 2 rings (SSSR count). The maximum atomic E-state index is 12.5. The Morgan fingerprint density at radius 3 is 2.33 bits per heavy atom. The van der Waals surface area contributed by atoms with E-state index in [0.29, 0.717) is 29.1 Å². The fourth-order valence-electron chi connectivity index (χ4n) is 2.38. The zero-order valence-electron chi connectivity index (χ0n) is 15.7. The molecule has 2 aromatic carbocycles. The summed E-state index contributed by atoms with van der Waals surface area (Å²) < 4.78 is 5.62. The van der Waals surface area contributed by atoms with Crippen LogP contribution in [0.4, 0.5) is 5.69 Å². The van der Waals surface area contributed by atoms with Crippen LogP contribution in [0.3, 0.4) is 0 Å². The standard InChI is InChI=1S/C21H24N2O4/c1-4-13-22-21(26)18-7-5-6-8-19(18)23-20(25)15(3)27-17-11-9-16(10-12-17)14(2)24/h5-12,15H,4,13H2,1-3H3,(H,22,26)(H,23,25). The molecule has 0 aliphatic rings. The smallest absolute Gasteiger partial charge is 0.265 e. The summed E-state index contributed by atoms with van der Waals surface area (Å²) in [5.74, 6) is -0.163. The molecule has 2 aromatic rings. The van der Waals surface area contributed by atoms with E-state index in [4.69, 9.17) is 4.74 Å². The van der Waals surface area contributed by atoms with Gasteiger partial charge in [-0.25, -0.2) is 0 Å². The second-order valence-electron chi connectivity index (χ2n) is 6.13. The van der Waals surface area contributed by atoms with Crippen molar-refractivity contribution in [1.29, 1.82) is 0 Å². The first-order valence-corrected chi connectivity index (χ1v) is 8.88. The molecule has 0 bridgehead atoms. The Hall–Kier alpha value is -3.15. The van der Waals surface area contributed by atoms with Gasteiger partial charge in [0.15, 0.2) is 11.9 Å². The Kier molecular flexibility index (Phi) is 7.11. The highest BCUT2D eigenvalue weighted by Crippen LogP contribution is 2.18. The number of ketones is 1. The lowest BCUT2D eigenvalue weighted by Gasteiger charge is -2.16. The number of ether oxygens (including phenoxy) is 1. The van der Waals surface area contributed by atoms with Gasteiger partial charge in [-0.05, 0) is 56.7 Å². The number of rotatable bonds is 8. The van der Waals surface area contributed by atoms with E-state index in [0.717, 1.165) is 6.42 Å². The van der Waals surface area contributed by atoms with Gasteiger partial charge < -0.3 is 15.4 Å². The van der Waals surface area contributed by atoms with Crippen LogP contribution in [0.2, 0.25) is 0 Å². The molecule has 6 nitrogen and oxygen atoms in total. The van der Waals surface area contributed by atoms with Crippen molar-refractivity contribution < 1.29 is 19.1 Å². The monoisotopic (exact) mass is 368 g/mol. The van der Waals surface area contributed by atoms with Crippen molar-refractivity contribution in [3.8, 4) is 5.75 Å². The van der Waals surface area contributed by atoms with Crippen molar-refractivity contribution in [2.75, 3.05) is 11.9 Å². The first-order valence-electron chi connectivity index (χ1n) is 8.88. The van der Waals surface area contributed by atoms with E-state index in [1.165, 1.54) is 6.92 Å². The average molecular weight is 368 g/mol. The predicted molar refractivity (Wildman–Crippen MR) is 104 cm³/mol. The number of nitrogens with one attached hydrogen (secondary N) is 2. The molecule has 2 N–H and O–H groups in total. The number of amides is 2. The third-order valence-electron chi connectivity index (χ3n) is 3.91. The second kappa shape index (κ2) is 9.52. The minimum absolute atomic E-state index is 0.0368. The van der Waals surface area contributed by atoms with Crippen LogP contribution in [0.1, 0.15) is 47.9 Å². The number of benzene rings is 2. The largest absolute Gasteiger partial charge is 0.481 e. The van der Waals surface area contributed by atoms with Gasteiger partial charge in [0.05, 0.1) is 11.3 Å². The van der Waals surface area contributed by atoms with E-state index in [1.54, 1.807) is 55.5 Å². The van der Waals surface area contributed by atoms with Gasteiger partial charge in [-0.3, -0.25) is 14.4 Å². The molecule has 1 atom stereocenters. The van der Waals surface area contributed by atoms with Crippen LogP contribution in [0.5, 0.6) is 5.75 Å². The maximum Gasteiger partial charge on any atom is 0.265 e. The van der Waals surface area contributed by atoms with Gasteiger partial charge in [0.2, 0.25) is 0 Å². The number of Topliss-reactive ketones (excluding diaryl/α,β-unsaturated/α-hetero) is 1. The van der Waals surface area contributed by atoms with Crippen LogP contribution in [-0.2, 0) is 4.79 Å². The van der Waals surface area contributed by atoms with Crippen LogP contribution in [0.15, 0.2) is 48.5 Å². The van der Waals surface area contributed by atoms with E-state index in [9.17, 15) is 14.4 Å². The Morgan fingerprint density at radius 2 is 1.70 bits per heavy atom. The molecular formula is C21H24N2O4. The molecule has 0 spiro atoms. The summed E-state index contributed by atoms with van der Waals surface area (Å²) in [7, 11) is 0. The zero-order valence-corrected chi connectivity index (χ0v) is 15.7. The Labute approximate surface area is 158 Å². The summed E-state index contributed by atoms with van der Waals surface area (Å²) in [6, 6.07) is 13.4. The highest BCUT2D eigenvalue weighted by atomic mass is 16.5. The molecule has 6 heteroatoms. The molecule has 0 aliphatic carbocycles. The first-order chi connectivity index (χ1) is 12.9. The summed E-state index contributed by atoms with van der Waals surface area (Å²) in [6.07, 6.45) is 0.0491. The van der Waals surface area contributed by atoms with Crippen LogP contribution in [-0.4, -0.2) is 30.2 Å². The first kappa shape index (κ1) is 20.2. The SMILES string of the molecule is CCCNC(=O)c1ccccc1NC(=O)C(C)Oc1ccc(C(C)=O)cc1. The summed E-state index contributed by atoms with van der Waals surface area (Å²) in [5.41, 5.74) is 1.40. The molecule has 0 fully saturated rings. The van der Waals surface area contributed by atoms with E-state index in [-0.39, 0.29) is 17.6 Å². The molecule has 0 saturated heterocycles. The third kappa shape index (κ3) is 5.67. The lowest BCUT2D eigenvalue weighted by atomic mass is 10.1. The molecular weight excluding hydrogens is 344 g/mol. The molecule has 0 aliphatic heterocycles. The molecule has 2 amide bonds. The minimum atomic E-state index is -0.778. The fraction of sp³-hybridized carbons (Fsp3) is 0.286. The summed E-state index contributed by atoms with van der Waals surface area (Å²) >= 11 is 0. The van der Waals surface area contributed by atoms with E-state index in [2.05, 4.69) is 10.6 Å². The maximum absolute atomic E-state index is 12.5. The summed E-state index contributed by atoms with van der Waals surface area (Å²) in [5, 5.41) is 5.54. The van der Waals surface area contributed by atoms with Gasteiger partial charge >= 0.3 is 0 Å². The van der Waals surface area contributed by atoms with Crippen LogP contribution < -0.4 is 15.4 Å². The average Bonchev–Trinajstić information content (AvgIpc) is 2.66.